The summed E-state index contributed by atoms with van der Waals surface area (Å²) < 4.78 is 10.5. The van der Waals surface area contributed by atoms with Gasteiger partial charge in [-0.3, -0.25) is 19.3 Å². The Morgan fingerprint density at radius 2 is 1.57 bits per heavy atom. The highest BCUT2D eigenvalue weighted by Crippen LogP contribution is 2.31. The summed E-state index contributed by atoms with van der Waals surface area (Å²) in [5.41, 5.74) is 1.02. The Labute approximate surface area is 163 Å². The van der Waals surface area contributed by atoms with E-state index in [0.29, 0.717) is 28.3 Å². The lowest BCUT2D eigenvalue weighted by Crippen LogP contribution is -2.50. The normalized spacial score (nSPS) is 14.1. The van der Waals surface area contributed by atoms with Crippen LogP contribution in [0.5, 0.6) is 11.5 Å². The third-order valence-corrected chi connectivity index (χ3v) is 4.67. The van der Waals surface area contributed by atoms with E-state index in [1.165, 1.54) is 14.2 Å². The lowest BCUT2D eigenvalue weighted by atomic mass is 10.0. The van der Waals surface area contributed by atoms with Crippen molar-refractivity contribution in [1.82, 2.24) is 4.90 Å². The molecule has 0 fully saturated rings. The average molecular weight is 382 g/mol. The summed E-state index contributed by atoms with van der Waals surface area (Å²) >= 11 is 0. The van der Waals surface area contributed by atoms with Crippen molar-refractivity contribution in [2.24, 2.45) is 5.92 Å². The van der Waals surface area contributed by atoms with Gasteiger partial charge >= 0.3 is 0 Å². The molecule has 1 N–H and O–H groups in total. The number of rotatable bonds is 6. The number of benzene rings is 2. The number of anilines is 1. The maximum Gasteiger partial charge on any atom is 0.262 e. The molecule has 0 aromatic heterocycles. The standard InChI is InChI=1S/C21H22N2O5/c1-12(2)18(23-20(25)14-7-5-6-8-15(14)21(23)26)19(24)22-16-11-13(27-3)9-10-17(16)28-4/h5-12,18H,1-4H3,(H,22,24)/t18-/m0/s1. The molecule has 1 atom stereocenters. The predicted molar refractivity (Wildman–Crippen MR) is 104 cm³/mol. The molecule has 0 radical (unpaired) electrons. The third kappa shape index (κ3) is 3.31. The first kappa shape index (κ1) is 19.4. The van der Waals surface area contributed by atoms with Crippen LogP contribution in [0.25, 0.3) is 0 Å². The highest BCUT2D eigenvalue weighted by molar-refractivity contribution is 6.23. The highest BCUT2D eigenvalue weighted by Gasteiger charge is 2.44. The Balaban J connectivity index is 1.93. The van der Waals surface area contributed by atoms with Gasteiger partial charge in [0.2, 0.25) is 5.91 Å². The molecule has 2 aromatic carbocycles. The Kier molecular flexibility index (Phi) is 5.35. The molecule has 0 saturated heterocycles. The van der Waals surface area contributed by atoms with Gasteiger partial charge < -0.3 is 14.8 Å². The molecule has 1 aliphatic rings. The van der Waals surface area contributed by atoms with Crippen molar-refractivity contribution in [2.45, 2.75) is 19.9 Å². The SMILES string of the molecule is COc1ccc(OC)c(NC(=O)[C@H](C(C)C)N2C(=O)c3ccccc3C2=O)c1. The molecule has 0 saturated carbocycles. The molecule has 1 heterocycles. The first-order valence-corrected chi connectivity index (χ1v) is 8.88. The Morgan fingerprint density at radius 3 is 2.07 bits per heavy atom. The summed E-state index contributed by atoms with van der Waals surface area (Å²) in [5.74, 6) is -0.717. The van der Waals surface area contributed by atoms with Crippen LogP contribution in [0, 0.1) is 5.92 Å². The van der Waals surface area contributed by atoms with Crippen LogP contribution in [0.3, 0.4) is 0 Å². The van der Waals surface area contributed by atoms with Gasteiger partial charge in [0, 0.05) is 6.07 Å². The molecule has 146 valence electrons. The molecule has 0 unspecified atom stereocenters. The molecular weight excluding hydrogens is 360 g/mol. The maximum atomic E-state index is 13.1. The zero-order valence-electron chi connectivity index (χ0n) is 16.2. The number of methoxy groups -OCH3 is 2. The van der Waals surface area contributed by atoms with E-state index in [2.05, 4.69) is 5.32 Å². The molecule has 0 bridgehead atoms. The van der Waals surface area contributed by atoms with Crippen molar-refractivity contribution >= 4 is 23.4 Å². The number of imide groups is 1. The molecule has 2 aromatic rings. The fraction of sp³-hybridized carbons (Fsp3) is 0.286. The lowest BCUT2D eigenvalue weighted by Gasteiger charge is -2.28. The first-order valence-electron chi connectivity index (χ1n) is 8.88. The molecule has 0 aliphatic carbocycles. The van der Waals surface area contributed by atoms with Gasteiger partial charge in [-0.15, -0.1) is 0 Å². The number of hydrogen-bond donors (Lipinski definition) is 1. The number of nitrogens with zero attached hydrogens (tertiary/aromatic N) is 1. The number of fused-ring (bicyclic) bond motifs is 1. The average Bonchev–Trinajstić information content (AvgIpc) is 2.93. The summed E-state index contributed by atoms with van der Waals surface area (Å²) in [6.07, 6.45) is 0. The van der Waals surface area contributed by atoms with Crippen molar-refractivity contribution in [3.63, 3.8) is 0 Å². The van der Waals surface area contributed by atoms with Gasteiger partial charge in [0.15, 0.2) is 0 Å². The van der Waals surface area contributed by atoms with Gasteiger partial charge in [-0.2, -0.15) is 0 Å². The van der Waals surface area contributed by atoms with E-state index >= 15 is 0 Å². The minimum Gasteiger partial charge on any atom is -0.497 e. The largest absolute Gasteiger partial charge is 0.497 e. The molecule has 3 rings (SSSR count). The van der Waals surface area contributed by atoms with Gasteiger partial charge in [0.25, 0.3) is 11.8 Å². The van der Waals surface area contributed by atoms with E-state index in [0.717, 1.165) is 4.90 Å². The van der Waals surface area contributed by atoms with Crippen LogP contribution in [-0.2, 0) is 4.79 Å². The van der Waals surface area contributed by atoms with E-state index in [-0.39, 0.29) is 5.92 Å². The fourth-order valence-corrected chi connectivity index (χ4v) is 3.30. The number of nitrogens with one attached hydrogen (secondary N) is 1. The second-order valence-electron chi connectivity index (χ2n) is 6.77. The second kappa shape index (κ2) is 7.72. The van der Waals surface area contributed by atoms with Crippen LogP contribution in [0.4, 0.5) is 5.69 Å². The lowest BCUT2D eigenvalue weighted by molar-refractivity contribution is -0.121. The maximum absolute atomic E-state index is 13.1. The number of carbonyl (C=O) groups is 3. The number of ether oxygens (including phenoxy) is 2. The molecule has 7 nitrogen and oxygen atoms in total. The van der Waals surface area contributed by atoms with Gasteiger partial charge in [-0.05, 0) is 30.2 Å². The highest BCUT2D eigenvalue weighted by atomic mass is 16.5. The minimum atomic E-state index is -0.969. The van der Waals surface area contributed by atoms with Gasteiger partial charge in [0.05, 0.1) is 31.0 Å². The summed E-state index contributed by atoms with van der Waals surface area (Å²) in [7, 11) is 3.00. The van der Waals surface area contributed by atoms with Crippen molar-refractivity contribution in [3.8, 4) is 11.5 Å². The Morgan fingerprint density at radius 1 is 0.964 bits per heavy atom. The van der Waals surface area contributed by atoms with E-state index in [1.54, 1.807) is 56.3 Å². The number of carbonyl (C=O) groups excluding carboxylic acids is 3. The summed E-state index contributed by atoms with van der Waals surface area (Å²) in [6, 6.07) is 10.6. The van der Waals surface area contributed by atoms with Crippen molar-refractivity contribution < 1.29 is 23.9 Å². The summed E-state index contributed by atoms with van der Waals surface area (Å²) in [5, 5.41) is 2.77. The smallest absolute Gasteiger partial charge is 0.262 e. The first-order chi connectivity index (χ1) is 13.4. The Hall–Kier alpha value is -3.35. The van der Waals surface area contributed by atoms with Crippen LogP contribution < -0.4 is 14.8 Å². The van der Waals surface area contributed by atoms with E-state index < -0.39 is 23.8 Å². The van der Waals surface area contributed by atoms with Crippen LogP contribution >= 0.6 is 0 Å². The molecular formula is C21H22N2O5. The zero-order valence-corrected chi connectivity index (χ0v) is 16.2. The second-order valence-corrected chi connectivity index (χ2v) is 6.77. The van der Waals surface area contributed by atoms with Crippen molar-refractivity contribution in [3.05, 3.63) is 53.6 Å². The molecule has 28 heavy (non-hydrogen) atoms. The predicted octanol–water partition coefficient (Wildman–Crippen LogP) is 2.96. The topological polar surface area (TPSA) is 84.9 Å². The number of amides is 3. The molecule has 0 spiro atoms. The van der Waals surface area contributed by atoms with Crippen LogP contribution in [0.15, 0.2) is 42.5 Å². The quantitative estimate of drug-likeness (QED) is 0.777. The molecule has 3 amide bonds. The van der Waals surface area contributed by atoms with E-state index in [9.17, 15) is 14.4 Å². The van der Waals surface area contributed by atoms with Crippen LogP contribution in [0.1, 0.15) is 34.6 Å². The minimum absolute atomic E-state index is 0.293. The van der Waals surface area contributed by atoms with Crippen LogP contribution in [-0.4, -0.2) is 42.9 Å². The summed E-state index contributed by atoms with van der Waals surface area (Å²) in [4.78, 5) is 39.8. The van der Waals surface area contributed by atoms with Gasteiger partial charge in [-0.25, -0.2) is 0 Å². The van der Waals surface area contributed by atoms with Crippen LogP contribution in [0.2, 0.25) is 0 Å². The Bertz CT molecular complexity index is 903. The third-order valence-electron chi connectivity index (χ3n) is 4.67. The molecule has 7 heteroatoms. The number of hydrogen-bond acceptors (Lipinski definition) is 5. The van der Waals surface area contributed by atoms with Crippen molar-refractivity contribution in [2.75, 3.05) is 19.5 Å². The fourth-order valence-electron chi connectivity index (χ4n) is 3.30. The monoisotopic (exact) mass is 382 g/mol. The molecule has 1 aliphatic heterocycles. The zero-order chi connectivity index (χ0) is 20.4. The van der Waals surface area contributed by atoms with E-state index in [1.807, 2.05) is 0 Å². The van der Waals surface area contributed by atoms with Gasteiger partial charge in [0.1, 0.15) is 17.5 Å². The summed E-state index contributed by atoms with van der Waals surface area (Å²) in [6.45, 7) is 3.58. The van der Waals surface area contributed by atoms with Gasteiger partial charge in [-0.1, -0.05) is 26.0 Å². The van der Waals surface area contributed by atoms with E-state index in [4.69, 9.17) is 9.47 Å². The van der Waals surface area contributed by atoms with Crippen molar-refractivity contribution in [1.29, 1.82) is 0 Å².